The zero-order chi connectivity index (χ0) is 21.4. The van der Waals surface area contributed by atoms with E-state index in [1.54, 1.807) is 43.2 Å². The largest absolute Gasteiger partial charge is 0.497 e. The molecule has 2 amide bonds. The lowest BCUT2D eigenvalue weighted by Gasteiger charge is -2.29. The van der Waals surface area contributed by atoms with Gasteiger partial charge in [-0.05, 0) is 63.1 Å². The number of nitrogens with zero attached hydrogens (tertiary/aromatic N) is 1. The quantitative estimate of drug-likeness (QED) is 0.704. The van der Waals surface area contributed by atoms with Crippen LogP contribution in [0.25, 0.3) is 0 Å². The highest BCUT2D eigenvalue weighted by Crippen LogP contribution is 2.18. The number of carbonyl (C=O) groups is 2. The van der Waals surface area contributed by atoms with Gasteiger partial charge >= 0.3 is 0 Å². The van der Waals surface area contributed by atoms with Crippen LogP contribution in [0.15, 0.2) is 48.5 Å². The van der Waals surface area contributed by atoms with E-state index in [1.807, 2.05) is 45.0 Å². The van der Waals surface area contributed by atoms with Crippen LogP contribution >= 0.6 is 0 Å². The van der Waals surface area contributed by atoms with E-state index >= 15 is 0 Å². The molecule has 0 aromatic heterocycles. The highest BCUT2D eigenvalue weighted by molar-refractivity contribution is 5.88. The molecule has 6 nitrogen and oxygen atoms in total. The van der Waals surface area contributed by atoms with Gasteiger partial charge in [-0.1, -0.05) is 24.3 Å². The average molecular weight is 399 g/mol. The van der Waals surface area contributed by atoms with E-state index in [0.29, 0.717) is 18.0 Å². The Kier molecular flexibility index (Phi) is 8.07. The summed E-state index contributed by atoms with van der Waals surface area (Å²) in [6, 6.07) is 14.2. The van der Waals surface area contributed by atoms with Crippen molar-refractivity contribution in [2.45, 2.75) is 46.3 Å². The molecule has 1 N–H and O–H groups in total. The van der Waals surface area contributed by atoms with Crippen LogP contribution in [0, 0.1) is 6.92 Å². The Bertz CT molecular complexity index is 818. The molecule has 29 heavy (non-hydrogen) atoms. The number of methoxy groups -OCH3 is 1. The molecular formula is C23H30N2O4. The van der Waals surface area contributed by atoms with Crippen LogP contribution in [0.4, 0.5) is 0 Å². The number of amides is 2. The summed E-state index contributed by atoms with van der Waals surface area (Å²) in [5, 5.41) is 2.88. The minimum absolute atomic E-state index is 0.00378. The van der Waals surface area contributed by atoms with E-state index < -0.39 is 6.04 Å². The number of aryl methyl sites for hydroxylation is 1. The van der Waals surface area contributed by atoms with E-state index in [9.17, 15) is 9.59 Å². The maximum absolute atomic E-state index is 13.0. The number of rotatable bonds is 9. The molecule has 0 unspecified atom stereocenters. The minimum atomic E-state index is -0.621. The second-order valence-corrected chi connectivity index (χ2v) is 7.25. The minimum Gasteiger partial charge on any atom is -0.497 e. The molecule has 0 saturated carbocycles. The lowest BCUT2D eigenvalue weighted by atomic mass is 10.1. The number of nitrogens with one attached hydrogen (secondary N) is 1. The number of hydrogen-bond acceptors (Lipinski definition) is 4. The second kappa shape index (κ2) is 10.5. The van der Waals surface area contributed by atoms with Crippen molar-refractivity contribution in [2.75, 3.05) is 13.7 Å². The Morgan fingerprint density at radius 2 is 1.62 bits per heavy atom. The van der Waals surface area contributed by atoms with Crippen molar-refractivity contribution in [1.29, 1.82) is 0 Å². The maximum atomic E-state index is 13.0. The standard InChI is InChI=1S/C23H30N2O4/c1-16(2)24-23(27)18(4)25(14-19-9-7-6-8-17(19)3)22(26)15-29-21-12-10-20(28-5)11-13-21/h6-13,16,18H,14-15H2,1-5H3,(H,24,27)/t18-/m0/s1. The van der Waals surface area contributed by atoms with E-state index in [2.05, 4.69) is 5.32 Å². The van der Waals surface area contributed by atoms with Crippen molar-refractivity contribution in [1.82, 2.24) is 10.2 Å². The van der Waals surface area contributed by atoms with Crippen molar-refractivity contribution >= 4 is 11.8 Å². The molecule has 0 radical (unpaired) electrons. The highest BCUT2D eigenvalue weighted by Gasteiger charge is 2.27. The van der Waals surface area contributed by atoms with E-state index in [0.717, 1.165) is 11.1 Å². The van der Waals surface area contributed by atoms with Crippen LogP contribution < -0.4 is 14.8 Å². The van der Waals surface area contributed by atoms with Crippen molar-refractivity contribution in [3.05, 3.63) is 59.7 Å². The first-order chi connectivity index (χ1) is 13.8. The highest BCUT2D eigenvalue weighted by atomic mass is 16.5. The van der Waals surface area contributed by atoms with Gasteiger partial charge in [-0.25, -0.2) is 0 Å². The summed E-state index contributed by atoms with van der Waals surface area (Å²) in [7, 11) is 1.59. The first-order valence-corrected chi connectivity index (χ1v) is 9.73. The Morgan fingerprint density at radius 1 is 1.00 bits per heavy atom. The molecule has 0 bridgehead atoms. The first-order valence-electron chi connectivity index (χ1n) is 9.73. The molecule has 1 atom stereocenters. The first kappa shape index (κ1) is 22.3. The summed E-state index contributed by atoms with van der Waals surface area (Å²) in [6.45, 7) is 7.70. The van der Waals surface area contributed by atoms with Crippen molar-refractivity contribution in [3.8, 4) is 11.5 Å². The third-order valence-electron chi connectivity index (χ3n) is 4.62. The number of carbonyl (C=O) groups excluding carboxylic acids is 2. The molecule has 0 fully saturated rings. The average Bonchev–Trinajstić information content (AvgIpc) is 2.70. The van der Waals surface area contributed by atoms with E-state index in [4.69, 9.17) is 9.47 Å². The molecule has 0 aliphatic rings. The smallest absolute Gasteiger partial charge is 0.261 e. The van der Waals surface area contributed by atoms with Gasteiger partial charge < -0.3 is 19.7 Å². The predicted molar refractivity (Wildman–Crippen MR) is 113 cm³/mol. The van der Waals surface area contributed by atoms with Gasteiger partial charge in [-0.15, -0.1) is 0 Å². The lowest BCUT2D eigenvalue weighted by Crippen LogP contribution is -2.50. The van der Waals surface area contributed by atoms with Crippen molar-refractivity contribution < 1.29 is 19.1 Å². The number of benzene rings is 2. The summed E-state index contributed by atoms with van der Waals surface area (Å²) >= 11 is 0. The fourth-order valence-electron chi connectivity index (χ4n) is 2.86. The summed E-state index contributed by atoms with van der Waals surface area (Å²) < 4.78 is 10.8. The number of hydrogen-bond donors (Lipinski definition) is 1. The molecule has 2 rings (SSSR count). The van der Waals surface area contributed by atoms with Gasteiger partial charge in [-0.3, -0.25) is 9.59 Å². The normalized spacial score (nSPS) is 11.7. The Hall–Kier alpha value is -3.02. The third-order valence-corrected chi connectivity index (χ3v) is 4.62. The molecule has 6 heteroatoms. The summed E-state index contributed by atoms with van der Waals surface area (Å²) in [4.78, 5) is 27.1. The van der Waals surface area contributed by atoms with Gasteiger partial charge in [0.05, 0.1) is 7.11 Å². The Morgan fingerprint density at radius 3 is 2.21 bits per heavy atom. The molecule has 0 saturated heterocycles. The Labute approximate surface area is 172 Å². The zero-order valence-corrected chi connectivity index (χ0v) is 17.8. The predicted octanol–water partition coefficient (Wildman–Crippen LogP) is 3.32. The van der Waals surface area contributed by atoms with Crippen LogP contribution in [0.3, 0.4) is 0 Å². The Balaban J connectivity index is 2.14. The van der Waals surface area contributed by atoms with Gasteiger partial charge in [-0.2, -0.15) is 0 Å². The molecule has 0 heterocycles. The maximum Gasteiger partial charge on any atom is 0.261 e. The molecular weight excluding hydrogens is 368 g/mol. The summed E-state index contributed by atoms with van der Waals surface area (Å²) in [5.74, 6) is 0.833. The second-order valence-electron chi connectivity index (χ2n) is 7.25. The van der Waals surface area contributed by atoms with Crippen molar-refractivity contribution in [3.63, 3.8) is 0 Å². The molecule has 2 aromatic carbocycles. The SMILES string of the molecule is COc1ccc(OCC(=O)N(Cc2ccccc2C)[C@@H](C)C(=O)NC(C)C)cc1. The van der Waals surface area contributed by atoms with Gasteiger partial charge in [0.15, 0.2) is 6.61 Å². The number of ether oxygens (including phenoxy) is 2. The van der Waals surface area contributed by atoms with Crippen LogP contribution in [0.2, 0.25) is 0 Å². The van der Waals surface area contributed by atoms with Crippen LogP contribution in [-0.4, -0.2) is 42.5 Å². The van der Waals surface area contributed by atoms with Crippen LogP contribution in [0.5, 0.6) is 11.5 Å². The van der Waals surface area contributed by atoms with E-state index in [-0.39, 0.29) is 24.5 Å². The molecule has 0 spiro atoms. The molecule has 0 aliphatic carbocycles. The topological polar surface area (TPSA) is 67.9 Å². The summed E-state index contributed by atoms with van der Waals surface area (Å²) in [5.41, 5.74) is 2.06. The van der Waals surface area contributed by atoms with Crippen molar-refractivity contribution in [2.24, 2.45) is 0 Å². The van der Waals surface area contributed by atoms with Gasteiger partial charge in [0.25, 0.3) is 5.91 Å². The monoisotopic (exact) mass is 398 g/mol. The van der Waals surface area contributed by atoms with E-state index in [1.165, 1.54) is 0 Å². The zero-order valence-electron chi connectivity index (χ0n) is 17.8. The van der Waals surface area contributed by atoms with Gasteiger partial charge in [0.1, 0.15) is 17.5 Å². The molecule has 156 valence electrons. The summed E-state index contributed by atoms with van der Waals surface area (Å²) in [6.07, 6.45) is 0. The van der Waals surface area contributed by atoms with Gasteiger partial charge in [0.2, 0.25) is 5.91 Å². The fraction of sp³-hybridized carbons (Fsp3) is 0.391. The molecule has 0 aliphatic heterocycles. The third kappa shape index (κ3) is 6.52. The lowest BCUT2D eigenvalue weighted by molar-refractivity contribution is -0.142. The fourth-order valence-corrected chi connectivity index (χ4v) is 2.86. The van der Waals surface area contributed by atoms with Gasteiger partial charge in [0, 0.05) is 12.6 Å². The van der Waals surface area contributed by atoms with Crippen LogP contribution in [0.1, 0.15) is 31.9 Å². The van der Waals surface area contributed by atoms with Crippen LogP contribution in [-0.2, 0) is 16.1 Å². The molecule has 2 aromatic rings.